The van der Waals surface area contributed by atoms with Crippen LogP contribution >= 0.6 is 11.3 Å². The molecule has 0 bridgehead atoms. The van der Waals surface area contributed by atoms with Gasteiger partial charge in [-0.3, -0.25) is 9.69 Å². The molecule has 1 heterocycles. The highest BCUT2D eigenvalue weighted by Gasteiger charge is 2.35. The van der Waals surface area contributed by atoms with Gasteiger partial charge in [0.15, 0.2) is 0 Å². The minimum absolute atomic E-state index is 0.145. The summed E-state index contributed by atoms with van der Waals surface area (Å²) >= 11 is 1.56. The van der Waals surface area contributed by atoms with Crippen LogP contribution < -0.4 is 10.1 Å². The van der Waals surface area contributed by atoms with Crippen LogP contribution in [-0.2, 0) is 11.3 Å². The number of aryl methyl sites for hydroxylation is 1. The van der Waals surface area contributed by atoms with Gasteiger partial charge in [-0.05, 0) is 54.5 Å². The summed E-state index contributed by atoms with van der Waals surface area (Å²) in [4.78, 5) is 29.8. The number of nitrogens with zero attached hydrogens (tertiary/aromatic N) is 1. The van der Waals surface area contributed by atoms with Crippen LogP contribution in [0.25, 0.3) is 0 Å². The van der Waals surface area contributed by atoms with E-state index in [-0.39, 0.29) is 11.9 Å². The predicted molar refractivity (Wildman–Crippen MR) is 131 cm³/mol. The molecule has 0 saturated heterocycles. The van der Waals surface area contributed by atoms with Crippen molar-refractivity contribution < 1.29 is 14.3 Å². The van der Waals surface area contributed by atoms with Crippen LogP contribution in [0.4, 0.5) is 4.79 Å². The van der Waals surface area contributed by atoms with Crippen molar-refractivity contribution in [1.82, 2.24) is 10.2 Å². The maximum Gasteiger partial charge on any atom is 0.416 e. The highest BCUT2D eigenvalue weighted by Crippen LogP contribution is 2.29. The number of thiophene rings is 1. The zero-order valence-corrected chi connectivity index (χ0v) is 19.7. The Hall–Kier alpha value is -3.12. The Morgan fingerprint density at radius 1 is 1.00 bits per heavy atom. The number of nitrogens with one attached hydrogen (secondary N) is 1. The summed E-state index contributed by atoms with van der Waals surface area (Å²) in [6.45, 7) is 2.27. The summed E-state index contributed by atoms with van der Waals surface area (Å²) < 4.78 is 5.72. The zero-order valence-electron chi connectivity index (χ0n) is 18.9. The summed E-state index contributed by atoms with van der Waals surface area (Å²) in [6.07, 6.45) is 4.87. The van der Waals surface area contributed by atoms with Crippen LogP contribution in [0.5, 0.6) is 5.75 Å². The van der Waals surface area contributed by atoms with Gasteiger partial charge in [-0.15, -0.1) is 11.3 Å². The second-order valence-electron chi connectivity index (χ2n) is 8.49. The second kappa shape index (κ2) is 11.1. The lowest BCUT2D eigenvalue weighted by Gasteiger charge is -2.33. The fourth-order valence-electron chi connectivity index (χ4n) is 4.35. The van der Waals surface area contributed by atoms with E-state index < -0.39 is 12.1 Å². The molecule has 1 aliphatic rings. The molecule has 4 rings (SSSR count). The van der Waals surface area contributed by atoms with Crippen LogP contribution in [0.1, 0.15) is 54.1 Å². The number of hydrogen-bond acceptors (Lipinski definition) is 4. The Balaban J connectivity index is 1.68. The van der Waals surface area contributed by atoms with Crippen molar-refractivity contribution in [3.63, 3.8) is 0 Å². The van der Waals surface area contributed by atoms with E-state index in [1.807, 2.05) is 66.9 Å². The molecule has 2 aromatic carbocycles. The second-order valence-corrected chi connectivity index (χ2v) is 9.52. The van der Waals surface area contributed by atoms with Gasteiger partial charge in [0.2, 0.25) is 5.91 Å². The molecule has 0 radical (unpaired) electrons. The lowest BCUT2D eigenvalue weighted by Crippen LogP contribution is -2.47. The van der Waals surface area contributed by atoms with E-state index in [1.165, 1.54) is 6.42 Å². The van der Waals surface area contributed by atoms with Gasteiger partial charge in [0.1, 0.15) is 11.8 Å². The Morgan fingerprint density at radius 2 is 1.73 bits per heavy atom. The number of benzene rings is 2. The van der Waals surface area contributed by atoms with Crippen molar-refractivity contribution >= 4 is 23.3 Å². The average molecular weight is 463 g/mol. The third-order valence-corrected chi connectivity index (χ3v) is 6.94. The van der Waals surface area contributed by atoms with E-state index in [0.29, 0.717) is 12.3 Å². The van der Waals surface area contributed by atoms with Crippen molar-refractivity contribution in [3.05, 3.63) is 88.1 Å². The first kappa shape index (κ1) is 23.1. The van der Waals surface area contributed by atoms with Crippen molar-refractivity contribution in [2.75, 3.05) is 0 Å². The third kappa shape index (κ3) is 6.02. The number of carbonyl (C=O) groups excluding carboxylic acids is 2. The first-order valence-corrected chi connectivity index (χ1v) is 12.4. The van der Waals surface area contributed by atoms with Gasteiger partial charge in [-0.1, -0.05) is 67.8 Å². The summed E-state index contributed by atoms with van der Waals surface area (Å²) in [7, 11) is 0. The first-order chi connectivity index (χ1) is 16.1. The Labute approximate surface area is 199 Å². The van der Waals surface area contributed by atoms with E-state index in [9.17, 15) is 9.59 Å². The highest BCUT2D eigenvalue weighted by molar-refractivity contribution is 7.09. The summed E-state index contributed by atoms with van der Waals surface area (Å²) in [6, 6.07) is 20.0. The minimum Gasteiger partial charge on any atom is -0.410 e. The number of amides is 2. The maximum absolute atomic E-state index is 13.7. The fraction of sp³-hybridized carbons (Fsp3) is 0.333. The molecule has 1 aromatic heterocycles. The van der Waals surface area contributed by atoms with Gasteiger partial charge in [0.05, 0.1) is 6.54 Å². The third-order valence-electron chi connectivity index (χ3n) is 6.08. The van der Waals surface area contributed by atoms with Crippen LogP contribution in [0.2, 0.25) is 0 Å². The molecule has 6 heteroatoms. The molecule has 1 N–H and O–H groups in total. The molecule has 1 saturated carbocycles. The molecule has 172 valence electrons. The molecule has 0 spiro atoms. The molecule has 2 amide bonds. The molecule has 1 fully saturated rings. The van der Waals surface area contributed by atoms with Gasteiger partial charge in [-0.2, -0.15) is 0 Å². The molecular formula is C27H30N2O3S. The Kier molecular flexibility index (Phi) is 7.79. The van der Waals surface area contributed by atoms with E-state index in [0.717, 1.165) is 41.7 Å². The maximum atomic E-state index is 13.7. The summed E-state index contributed by atoms with van der Waals surface area (Å²) in [5.74, 6) is 0.299. The molecule has 5 nitrogen and oxygen atoms in total. The SMILES string of the molecule is Cc1ccccc1C(C(=O)NC1CCCCC1)N(Cc1cccs1)C(=O)Oc1ccccc1. The standard InChI is InChI=1S/C27H30N2O3S/c1-20-11-8-9-17-24(20)25(26(30)28-21-12-4-2-5-13-21)29(19-23-16-10-18-33-23)27(31)32-22-14-6-3-7-15-22/h3,6-11,14-18,21,25H,2,4-5,12-13,19H2,1H3,(H,28,30). The van der Waals surface area contributed by atoms with E-state index in [1.54, 1.807) is 28.4 Å². The van der Waals surface area contributed by atoms with Gasteiger partial charge in [-0.25, -0.2) is 4.79 Å². The summed E-state index contributed by atoms with van der Waals surface area (Å²) in [5.41, 5.74) is 1.78. The van der Waals surface area contributed by atoms with Crippen molar-refractivity contribution in [2.24, 2.45) is 0 Å². The van der Waals surface area contributed by atoms with Crippen LogP contribution in [0.3, 0.4) is 0 Å². The number of para-hydroxylation sites is 1. The monoisotopic (exact) mass is 462 g/mol. The van der Waals surface area contributed by atoms with E-state index >= 15 is 0 Å². The van der Waals surface area contributed by atoms with Gasteiger partial charge in [0.25, 0.3) is 0 Å². The smallest absolute Gasteiger partial charge is 0.410 e. The van der Waals surface area contributed by atoms with E-state index in [2.05, 4.69) is 5.32 Å². The molecule has 1 atom stereocenters. The predicted octanol–water partition coefficient (Wildman–Crippen LogP) is 6.25. The van der Waals surface area contributed by atoms with E-state index in [4.69, 9.17) is 4.74 Å². The topological polar surface area (TPSA) is 58.6 Å². The van der Waals surface area contributed by atoms with Crippen LogP contribution in [0, 0.1) is 6.92 Å². The highest BCUT2D eigenvalue weighted by atomic mass is 32.1. The fourth-order valence-corrected chi connectivity index (χ4v) is 5.05. The number of ether oxygens (including phenoxy) is 1. The summed E-state index contributed by atoms with van der Waals surface area (Å²) in [5, 5.41) is 5.21. The number of rotatable bonds is 7. The lowest BCUT2D eigenvalue weighted by molar-refractivity contribution is -0.127. The zero-order chi connectivity index (χ0) is 23.0. The van der Waals surface area contributed by atoms with Gasteiger partial charge < -0.3 is 10.1 Å². The molecule has 3 aromatic rings. The normalized spacial score (nSPS) is 14.9. The lowest BCUT2D eigenvalue weighted by atomic mass is 9.94. The molecule has 0 aliphatic heterocycles. The quantitative estimate of drug-likeness (QED) is 0.452. The van der Waals surface area contributed by atoms with Crippen molar-refractivity contribution in [1.29, 1.82) is 0 Å². The van der Waals surface area contributed by atoms with Crippen LogP contribution in [0.15, 0.2) is 72.1 Å². The van der Waals surface area contributed by atoms with Gasteiger partial charge in [0, 0.05) is 10.9 Å². The van der Waals surface area contributed by atoms with Gasteiger partial charge >= 0.3 is 6.09 Å². The molecular weight excluding hydrogens is 432 g/mol. The Bertz CT molecular complexity index is 1050. The van der Waals surface area contributed by atoms with Crippen LogP contribution in [-0.4, -0.2) is 22.9 Å². The molecule has 1 aliphatic carbocycles. The average Bonchev–Trinajstić information content (AvgIpc) is 3.34. The number of hydrogen-bond donors (Lipinski definition) is 1. The number of carbonyl (C=O) groups is 2. The minimum atomic E-state index is -0.786. The molecule has 33 heavy (non-hydrogen) atoms. The van der Waals surface area contributed by atoms with Crippen molar-refractivity contribution in [2.45, 2.75) is 57.7 Å². The first-order valence-electron chi connectivity index (χ1n) is 11.5. The largest absolute Gasteiger partial charge is 0.416 e. The molecule has 1 unspecified atom stereocenters. The Morgan fingerprint density at radius 3 is 2.42 bits per heavy atom. The van der Waals surface area contributed by atoms with Crippen molar-refractivity contribution in [3.8, 4) is 5.75 Å².